The van der Waals surface area contributed by atoms with Crippen molar-refractivity contribution < 1.29 is 4.79 Å². The summed E-state index contributed by atoms with van der Waals surface area (Å²) in [6.45, 7) is 5.42. The molecule has 20 heavy (non-hydrogen) atoms. The minimum absolute atomic E-state index is 0.0109. The number of imidazole rings is 1. The first-order chi connectivity index (χ1) is 9.63. The molecule has 106 valence electrons. The van der Waals surface area contributed by atoms with E-state index in [1.165, 1.54) is 0 Å². The molecule has 1 aliphatic rings. The van der Waals surface area contributed by atoms with E-state index < -0.39 is 0 Å². The number of fused-ring (bicyclic) bond motifs is 1. The van der Waals surface area contributed by atoms with Gasteiger partial charge in [-0.05, 0) is 32.4 Å². The van der Waals surface area contributed by atoms with Crippen LogP contribution in [-0.4, -0.2) is 45.0 Å². The van der Waals surface area contributed by atoms with Gasteiger partial charge in [0.25, 0.3) is 0 Å². The minimum Gasteiger partial charge on any atom is -0.340 e. The summed E-state index contributed by atoms with van der Waals surface area (Å²) in [5, 5.41) is 2.93. The molecule has 2 amide bonds. The van der Waals surface area contributed by atoms with Crippen LogP contribution in [0.25, 0.3) is 11.2 Å². The average molecular weight is 273 g/mol. The molecule has 1 aliphatic heterocycles. The highest BCUT2D eigenvalue weighted by atomic mass is 16.2. The Morgan fingerprint density at radius 3 is 3.15 bits per heavy atom. The predicted octanol–water partition coefficient (Wildman–Crippen LogP) is 1.87. The van der Waals surface area contributed by atoms with Crippen LogP contribution in [0, 0.1) is 0 Å². The number of amides is 2. The van der Waals surface area contributed by atoms with Gasteiger partial charge in [0, 0.05) is 31.2 Å². The minimum atomic E-state index is 0.0109. The normalized spacial score (nSPS) is 18.9. The van der Waals surface area contributed by atoms with Gasteiger partial charge in [0.15, 0.2) is 5.65 Å². The van der Waals surface area contributed by atoms with Crippen molar-refractivity contribution >= 4 is 17.2 Å². The van der Waals surface area contributed by atoms with Crippen LogP contribution in [0.15, 0.2) is 18.3 Å². The van der Waals surface area contributed by atoms with Crippen molar-refractivity contribution in [3.05, 3.63) is 24.2 Å². The topological polar surface area (TPSA) is 73.9 Å². The van der Waals surface area contributed by atoms with Crippen LogP contribution in [0.2, 0.25) is 0 Å². The summed E-state index contributed by atoms with van der Waals surface area (Å²) in [5.74, 6) is 1.20. The summed E-state index contributed by atoms with van der Waals surface area (Å²) in [6.07, 6.45) is 2.68. The predicted molar refractivity (Wildman–Crippen MR) is 76.5 cm³/mol. The number of hydrogen-bond donors (Lipinski definition) is 2. The number of carbonyl (C=O) groups is 1. The number of aromatic amines is 1. The fourth-order valence-electron chi connectivity index (χ4n) is 2.56. The van der Waals surface area contributed by atoms with Gasteiger partial charge in [-0.1, -0.05) is 0 Å². The van der Waals surface area contributed by atoms with Gasteiger partial charge in [-0.15, -0.1) is 0 Å². The smallest absolute Gasteiger partial charge is 0.317 e. The van der Waals surface area contributed by atoms with E-state index in [0.717, 1.165) is 30.0 Å². The fraction of sp³-hybridized carbons (Fsp3) is 0.500. The first-order valence-electron chi connectivity index (χ1n) is 6.99. The van der Waals surface area contributed by atoms with Crippen molar-refractivity contribution in [3.63, 3.8) is 0 Å². The van der Waals surface area contributed by atoms with Crippen molar-refractivity contribution in [1.29, 1.82) is 0 Å². The van der Waals surface area contributed by atoms with Gasteiger partial charge in [-0.3, -0.25) is 0 Å². The zero-order valence-electron chi connectivity index (χ0n) is 11.8. The van der Waals surface area contributed by atoms with E-state index in [2.05, 4.69) is 20.3 Å². The molecule has 0 radical (unpaired) electrons. The summed E-state index contributed by atoms with van der Waals surface area (Å²) < 4.78 is 0. The fourth-order valence-corrected chi connectivity index (χ4v) is 2.56. The molecular formula is C14H19N5O. The summed E-state index contributed by atoms with van der Waals surface area (Å²) >= 11 is 0. The van der Waals surface area contributed by atoms with Crippen molar-refractivity contribution in [2.45, 2.75) is 32.2 Å². The Bertz CT molecular complexity index is 588. The van der Waals surface area contributed by atoms with Gasteiger partial charge >= 0.3 is 6.03 Å². The van der Waals surface area contributed by atoms with Gasteiger partial charge in [0.2, 0.25) is 0 Å². The van der Waals surface area contributed by atoms with E-state index in [0.29, 0.717) is 6.54 Å². The third kappa shape index (κ3) is 2.45. The standard InChI is InChI=1S/C14H19N5O/c1-9(2)16-14(20)19-7-5-10(8-19)12-17-11-4-3-6-15-13(11)18-12/h3-4,6,9-10H,5,7-8H2,1-2H3,(H,16,20)(H,15,17,18)/t10-/m0/s1. The number of hydrogen-bond acceptors (Lipinski definition) is 3. The number of urea groups is 1. The Morgan fingerprint density at radius 1 is 1.55 bits per heavy atom. The molecule has 0 aromatic carbocycles. The monoisotopic (exact) mass is 273 g/mol. The molecule has 2 aromatic heterocycles. The highest BCUT2D eigenvalue weighted by molar-refractivity contribution is 5.75. The molecule has 6 nitrogen and oxygen atoms in total. The molecule has 1 atom stereocenters. The third-order valence-electron chi connectivity index (χ3n) is 3.55. The molecule has 0 aliphatic carbocycles. The number of carbonyl (C=O) groups excluding carboxylic acids is 1. The molecule has 0 spiro atoms. The van der Waals surface area contributed by atoms with Crippen LogP contribution in [0.1, 0.15) is 32.0 Å². The molecular weight excluding hydrogens is 254 g/mol. The van der Waals surface area contributed by atoms with E-state index in [1.807, 2.05) is 30.9 Å². The Balaban J connectivity index is 1.72. The molecule has 0 unspecified atom stereocenters. The Labute approximate surface area is 117 Å². The Morgan fingerprint density at radius 2 is 2.40 bits per heavy atom. The van der Waals surface area contributed by atoms with Crippen molar-refractivity contribution in [2.24, 2.45) is 0 Å². The molecule has 2 aromatic rings. The van der Waals surface area contributed by atoms with Crippen LogP contribution < -0.4 is 5.32 Å². The molecule has 1 fully saturated rings. The highest BCUT2D eigenvalue weighted by Gasteiger charge is 2.29. The molecule has 0 bridgehead atoms. The molecule has 3 rings (SSSR count). The third-order valence-corrected chi connectivity index (χ3v) is 3.55. The maximum Gasteiger partial charge on any atom is 0.317 e. The summed E-state index contributed by atoms with van der Waals surface area (Å²) in [6, 6.07) is 4.03. The van der Waals surface area contributed by atoms with E-state index in [4.69, 9.17) is 0 Å². The lowest BCUT2D eigenvalue weighted by molar-refractivity contribution is 0.205. The van der Waals surface area contributed by atoms with Crippen LogP contribution >= 0.6 is 0 Å². The lowest BCUT2D eigenvalue weighted by Gasteiger charge is -2.18. The van der Waals surface area contributed by atoms with E-state index in [1.54, 1.807) is 6.20 Å². The lowest BCUT2D eigenvalue weighted by Crippen LogP contribution is -2.41. The number of aromatic nitrogens is 3. The largest absolute Gasteiger partial charge is 0.340 e. The lowest BCUT2D eigenvalue weighted by atomic mass is 10.1. The second-order valence-electron chi connectivity index (χ2n) is 5.53. The number of rotatable bonds is 2. The van der Waals surface area contributed by atoms with E-state index >= 15 is 0 Å². The SMILES string of the molecule is CC(C)NC(=O)N1CC[C@H](c2nc3ncccc3[nH]2)C1. The van der Waals surface area contributed by atoms with Gasteiger partial charge in [0.1, 0.15) is 5.82 Å². The first kappa shape index (κ1) is 12.9. The molecule has 3 heterocycles. The highest BCUT2D eigenvalue weighted by Crippen LogP contribution is 2.26. The van der Waals surface area contributed by atoms with Gasteiger partial charge in [-0.25, -0.2) is 14.8 Å². The van der Waals surface area contributed by atoms with Crippen LogP contribution in [0.5, 0.6) is 0 Å². The molecule has 6 heteroatoms. The van der Waals surface area contributed by atoms with Gasteiger partial charge in [0.05, 0.1) is 5.52 Å². The Hall–Kier alpha value is -2.11. The molecule has 0 saturated carbocycles. The Kier molecular flexibility index (Phi) is 3.30. The zero-order valence-corrected chi connectivity index (χ0v) is 11.8. The zero-order chi connectivity index (χ0) is 14.1. The summed E-state index contributed by atoms with van der Waals surface area (Å²) in [4.78, 5) is 25.9. The van der Waals surface area contributed by atoms with Crippen molar-refractivity contribution in [2.75, 3.05) is 13.1 Å². The maximum absolute atomic E-state index is 12.0. The number of nitrogens with one attached hydrogen (secondary N) is 2. The summed E-state index contributed by atoms with van der Waals surface area (Å²) in [5.41, 5.74) is 1.69. The van der Waals surface area contributed by atoms with E-state index in [9.17, 15) is 4.79 Å². The second kappa shape index (κ2) is 5.11. The second-order valence-corrected chi connectivity index (χ2v) is 5.53. The van der Waals surface area contributed by atoms with Gasteiger partial charge in [-0.2, -0.15) is 0 Å². The average Bonchev–Trinajstić information content (AvgIpc) is 3.04. The van der Waals surface area contributed by atoms with Crippen molar-refractivity contribution in [3.8, 4) is 0 Å². The first-order valence-corrected chi connectivity index (χ1v) is 6.99. The van der Waals surface area contributed by atoms with Crippen LogP contribution in [0.3, 0.4) is 0 Å². The molecule has 1 saturated heterocycles. The van der Waals surface area contributed by atoms with E-state index in [-0.39, 0.29) is 18.0 Å². The van der Waals surface area contributed by atoms with Crippen LogP contribution in [0.4, 0.5) is 4.79 Å². The van der Waals surface area contributed by atoms with Crippen LogP contribution in [-0.2, 0) is 0 Å². The quantitative estimate of drug-likeness (QED) is 0.877. The number of pyridine rings is 1. The van der Waals surface area contributed by atoms with Crippen molar-refractivity contribution in [1.82, 2.24) is 25.2 Å². The maximum atomic E-state index is 12.0. The number of H-pyrrole nitrogens is 1. The van der Waals surface area contributed by atoms with Gasteiger partial charge < -0.3 is 15.2 Å². The summed E-state index contributed by atoms with van der Waals surface area (Å²) in [7, 11) is 0. The number of nitrogens with zero attached hydrogens (tertiary/aromatic N) is 3. The molecule has 2 N–H and O–H groups in total. The number of likely N-dealkylation sites (tertiary alicyclic amines) is 1.